The maximum atomic E-state index is 12.3. The van der Waals surface area contributed by atoms with Gasteiger partial charge in [-0.3, -0.25) is 0 Å². The van der Waals surface area contributed by atoms with E-state index in [0.717, 1.165) is 21.3 Å². The summed E-state index contributed by atoms with van der Waals surface area (Å²) in [6.07, 6.45) is 0. The molecular formula is C20H25BrN2O2. The first-order valence-corrected chi connectivity index (χ1v) is 9.18. The van der Waals surface area contributed by atoms with Crippen LogP contribution in [0, 0.1) is 5.92 Å². The Morgan fingerprint density at radius 3 is 2.56 bits per heavy atom. The van der Waals surface area contributed by atoms with Crippen molar-refractivity contribution in [1.29, 1.82) is 0 Å². The second kappa shape index (κ2) is 9.47. The molecule has 0 fully saturated rings. The van der Waals surface area contributed by atoms with E-state index in [0.29, 0.717) is 25.6 Å². The predicted octanol–water partition coefficient (Wildman–Crippen LogP) is 4.83. The Labute approximate surface area is 158 Å². The molecule has 0 aromatic heterocycles. The van der Waals surface area contributed by atoms with Gasteiger partial charge < -0.3 is 15.0 Å². The fourth-order valence-corrected chi connectivity index (χ4v) is 2.52. The number of benzene rings is 2. The van der Waals surface area contributed by atoms with Gasteiger partial charge in [0.1, 0.15) is 5.75 Å². The molecule has 0 unspecified atom stereocenters. The van der Waals surface area contributed by atoms with Gasteiger partial charge in [0.05, 0.1) is 6.61 Å². The fourth-order valence-electron chi connectivity index (χ4n) is 2.26. The zero-order valence-electron chi connectivity index (χ0n) is 15.0. The van der Waals surface area contributed by atoms with E-state index in [9.17, 15) is 4.79 Å². The van der Waals surface area contributed by atoms with Crippen molar-refractivity contribution in [2.75, 3.05) is 13.7 Å². The number of rotatable bonds is 7. The predicted molar refractivity (Wildman–Crippen MR) is 105 cm³/mol. The number of ether oxygens (including phenoxy) is 1. The van der Waals surface area contributed by atoms with E-state index in [1.807, 2.05) is 48.5 Å². The van der Waals surface area contributed by atoms with E-state index in [1.54, 1.807) is 11.9 Å². The largest absolute Gasteiger partial charge is 0.493 e. The second-order valence-electron chi connectivity index (χ2n) is 6.49. The number of urea groups is 1. The highest BCUT2D eigenvalue weighted by molar-refractivity contribution is 9.10. The van der Waals surface area contributed by atoms with Crippen LogP contribution in [-0.2, 0) is 13.1 Å². The third kappa shape index (κ3) is 6.78. The normalized spacial score (nSPS) is 10.6. The monoisotopic (exact) mass is 404 g/mol. The van der Waals surface area contributed by atoms with Crippen molar-refractivity contribution < 1.29 is 9.53 Å². The minimum absolute atomic E-state index is 0.101. The molecule has 4 nitrogen and oxygen atoms in total. The first-order chi connectivity index (χ1) is 11.9. The molecule has 0 aliphatic rings. The van der Waals surface area contributed by atoms with Crippen LogP contribution in [0.15, 0.2) is 53.0 Å². The van der Waals surface area contributed by atoms with E-state index in [2.05, 4.69) is 35.1 Å². The number of halogens is 1. The summed E-state index contributed by atoms with van der Waals surface area (Å²) in [5.41, 5.74) is 2.11. The Bertz CT molecular complexity index is 686. The lowest BCUT2D eigenvalue weighted by Crippen LogP contribution is -2.36. The Hall–Kier alpha value is -2.01. The van der Waals surface area contributed by atoms with Gasteiger partial charge in [0, 0.05) is 24.6 Å². The summed E-state index contributed by atoms with van der Waals surface area (Å²) in [5.74, 6) is 1.32. The molecule has 1 N–H and O–H groups in total. The Morgan fingerprint density at radius 1 is 1.16 bits per heavy atom. The van der Waals surface area contributed by atoms with Crippen LogP contribution in [-0.4, -0.2) is 24.6 Å². The van der Waals surface area contributed by atoms with Crippen molar-refractivity contribution in [3.05, 3.63) is 64.1 Å². The zero-order valence-corrected chi connectivity index (χ0v) is 16.5. The molecule has 134 valence electrons. The topological polar surface area (TPSA) is 41.6 Å². The SMILES string of the molecule is CC(C)COc1cccc(CNC(=O)N(C)Cc2ccc(Br)cc2)c1. The van der Waals surface area contributed by atoms with Crippen LogP contribution in [0.1, 0.15) is 25.0 Å². The lowest BCUT2D eigenvalue weighted by atomic mass is 10.2. The van der Waals surface area contributed by atoms with Gasteiger partial charge in [0.15, 0.2) is 0 Å². The zero-order chi connectivity index (χ0) is 18.2. The van der Waals surface area contributed by atoms with Crippen molar-refractivity contribution in [1.82, 2.24) is 10.2 Å². The first-order valence-electron chi connectivity index (χ1n) is 8.39. The number of amides is 2. The standard InChI is InChI=1S/C20H25BrN2O2/c1-15(2)14-25-19-6-4-5-17(11-19)12-22-20(24)23(3)13-16-7-9-18(21)10-8-16/h4-11,15H,12-14H2,1-3H3,(H,22,24). The van der Waals surface area contributed by atoms with Gasteiger partial charge in [0.2, 0.25) is 0 Å². The van der Waals surface area contributed by atoms with E-state index >= 15 is 0 Å². The lowest BCUT2D eigenvalue weighted by molar-refractivity contribution is 0.206. The van der Waals surface area contributed by atoms with Crippen molar-refractivity contribution in [2.24, 2.45) is 5.92 Å². The molecule has 2 aromatic carbocycles. The van der Waals surface area contributed by atoms with Crippen LogP contribution in [0.25, 0.3) is 0 Å². The maximum absolute atomic E-state index is 12.3. The van der Waals surface area contributed by atoms with Gasteiger partial charge in [0.25, 0.3) is 0 Å². The van der Waals surface area contributed by atoms with Crippen LogP contribution in [0.3, 0.4) is 0 Å². The molecule has 0 spiro atoms. The molecule has 0 radical (unpaired) electrons. The molecular weight excluding hydrogens is 380 g/mol. The molecule has 0 saturated carbocycles. The summed E-state index contributed by atoms with van der Waals surface area (Å²) in [7, 11) is 1.79. The minimum atomic E-state index is -0.101. The highest BCUT2D eigenvalue weighted by Gasteiger charge is 2.09. The van der Waals surface area contributed by atoms with Gasteiger partial charge in [-0.25, -0.2) is 4.79 Å². The maximum Gasteiger partial charge on any atom is 0.317 e. The Kier molecular flexibility index (Phi) is 7.31. The van der Waals surface area contributed by atoms with Crippen molar-refractivity contribution in [3.63, 3.8) is 0 Å². The van der Waals surface area contributed by atoms with E-state index in [1.165, 1.54) is 0 Å². The molecule has 2 aromatic rings. The number of hydrogen-bond donors (Lipinski definition) is 1. The van der Waals surface area contributed by atoms with Crippen molar-refractivity contribution >= 4 is 22.0 Å². The molecule has 0 atom stereocenters. The number of nitrogens with zero attached hydrogens (tertiary/aromatic N) is 1. The molecule has 0 saturated heterocycles. The van der Waals surface area contributed by atoms with Crippen LogP contribution in [0.5, 0.6) is 5.75 Å². The van der Waals surface area contributed by atoms with E-state index in [4.69, 9.17) is 4.74 Å². The Morgan fingerprint density at radius 2 is 1.88 bits per heavy atom. The highest BCUT2D eigenvalue weighted by Crippen LogP contribution is 2.15. The van der Waals surface area contributed by atoms with Gasteiger partial charge in [-0.05, 0) is 41.3 Å². The second-order valence-corrected chi connectivity index (χ2v) is 7.41. The molecule has 25 heavy (non-hydrogen) atoms. The van der Waals surface area contributed by atoms with Crippen LogP contribution in [0.4, 0.5) is 4.79 Å². The molecule has 2 rings (SSSR count). The van der Waals surface area contributed by atoms with Crippen molar-refractivity contribution in [3.8, 4) is 5.75 Å². The van der Waals surface area contributed by atoms with Crippen molar-refractivity contribution in [2.45, 2.75) is 26.9 Å². The molecule has 5 heteroatoms. The molecule has 2 amide bonds. The quantitative estimate of drug-likeness (QED) is 0.717. The highest BCUT2D eigenvalue weighted by atomic mass is 79.9. The van der Waals surface area contributed by atoms with E-state index < -0.39 is 0 Å². The van der Waals surface area contributed by atoms with Crippen LogP contribution < -0.4 is 10.1 Å². The number of hydrogen-bond acceptors (Lipinski definition) is 2. The molecule has 0 aliphatic carbocycles. The Balaban J connectivity index is 1.84. The summed E-state index contributed by atoms with van der Waals surface area (Å²) in [4.78, 5) is 13.9. The first kappa shape index (κ1) is 19.3. The number of nitrogens with one attached hydrogen (secondary N) is 1. The van der Waals surface area contributed by atoms with E-state index in [-0.39, 0.29) is 6.03 Å². The average molecular weight is 405 g/mol. The van der Waals surface area contributed by atoms with Crippen LogP contribution in [0.2, 0.25) is 0 Å². The van der Waals surface area contributed by atoms with Gasteiger partial charge >= 0.3 is 6.03 Å². The number of carbonyl (C=O) groups excluding carboxylic acids is 1. The summed E-state index contributed by atoms with van der Waals surface area (Å²) in [6.45, 7) is 5.96. The summed E-state index contributed by atoms with van der Waals surface area (Å²) >= 11 is 3.41. The fraction of sp³-hybridized carbons (Fsp3) is 0.350. The molecule has 0 aliphatic heterocycles. The van der Waals surface area contributed by atoms with Crippen LogP contribution >= 0.6 is 15.9 Å². The third-order valence-corrected chi connectivity index (χ3v) is 4.13. The summed E-state index contributed by atoms with van der Waals surface area (Å²) in [5, 5.41) is 2.94. The van der Waals surface area contributed by atoms with Gasteiger partial charge in [-0.1, -0.05) is 54.0 Å². The summed E-state index contributed by atoms with van der Waals surface area (Å²) in [6, 6.07) is 15.7. The average Bonchev–Trinajstić information content (AvgIpc) is 2.60. The number of carbonyl (C=O) groups is 1. The van der Waals surface area contributed by atoms with Gasteiger partial charge in [-0.15, -0.1) is 0 Å². The smallest absolute Gasteiger partial charge is 0.317 e. The molecule has 0 bridgehead atoms. The van der Waals surface area contributed by atoms with Gasteiger partial charge in [-0.2, -0.15) is 0 Å². The minimum Gasteiger partial charge on any atom is -0.493 e. The summed E-state index contributed by atoms with van der Waals surface area (Å²) < 4.78 is 6.75. The lowest BCUT2D eigenvalue weighted by Gasteiger charge is -2.18. The molecule has 0 heterocycles. The third-order valence-electron chi connectivity index (χ3n) is 3.61.